The number of anilines is 1. The number of nitrogens with two attached hydrogens (primary N) is 2. The van der Waals surface area contributed by atoms with Gasteiger partial charge in [0, 0.05) is 29.2 Å². The van der Waals surface area contributed by atoms with Gasteiger partial charge in [-0.3, -0.25) is 4.79 Å². The van der Waals surface area contributed by atoms with E-state index in [4.69, 9.17) is 11.5 Å². The summed E-state index contributed by atoms with van der Waals surface area (Å²) in [6.07, 6.45) is 5.06. The van der Waals surface area contributed by atoms with Gasteiger partial charge in [0.25, 0.3) is 0 Å². The maximum Gasteiger partial charge on any atom is 0.248 e. The molecule has 0 unspecified atom stereocenters. The Morgan fingerprint density at radius 1 is 1.14 bits per heavy atom. The Hall–Kier alpha value is -3.15. The van der Waals surface area contributed by atoms with Crippen molar-refractivity contribution in [3.63, 3.8) is 0 Å². The lowest BCUT2D eigenvalue weighted by Crippen LogP contribution is -2.12. The minimum Gasteiger partial charge on any atom is -0.399 e. The van der Waals surface area contributed by atoms with Crippen LogP contribution in [0.1, 0.15) is 10.4 Å². The van der Waals surface area contributed by atoms with Crippen molar-refractivity contribution in [1.82, 2.24) is 14.8 Å². The Morgan fingerprint density at radius 2 is 2.00 bits per heavy atom. The van der Waals surface area contributed by atoms with Crippen molar-refractivity contribution in [2.24, 2.45) is 5.73 Å². The quantitative estimate of drug-likeness (QED) is 0.711. The van der Waals surface area contributed by atoms with Crippen molar-refractivity contribution in [3.8, 4) is 16.9 Å². The Morgan fingerprint density at radius 3 is 2.76 bits per heavy atom. The van der Waals surface area contributed by atoms with Crippen LogP contribution < -0.4 is 11.5 Å². The summed E-state index contributed by atoms with van der Waals surface area (Å²) in [6, 6.07) is 10.7. The molecule has 0 saturated carbocycles. The molecule has 21 heavy (non-hydrogen) atoms. The minimum atomic E-state index is -0.498. The predicted molar refractivity (Wildman–Crippen MR) is 79.7 cm³/mol. The number of rotatable bonds is 3. The zero-order chi connectivity index (χ0) is 14.8. The highest BCUT2D eigenvalue weighted by Crippen LogP contribution is 2.21. The van der Waals surface area contributed by atoms with Crippen LogP contribution >= 0.6 is 0 Å². The smallest absolute Gasteiger partial charge is 0.248 e. The van der Waals surface area contributed by atoms with Crippen LogP contribution in [0.2, 0.25) is 0 Å². The average molecular weight is 279 g/mol. The predicted octanol–water partition coefficient (Wildman–Crippen LogP) is 1.62. The van der Waals surface area contributed by atoms with E-state index < -0.39 is 5.91 Å². The number of primary amides is 1. The number of aromatic nitrogens is 3. The molecule has 0 aliphatic carbocycles. The Bertz CT molecular complexity index is 809. The fourth-order valence-electron chi connectivity index (χ4n) is 2.01. The summed E-state index contributed by atoms with van der Waals surface area (Å²) in [6.45, 7) is 0. The topological polar surface area (TPSA) is 99.8 Å². The van der Waals surface area contributed by atoms with Gasteiger partial charge in [-0.05, 0) is 29.8 Å². The van der Waals surface area contributed by atoms with Crippen molar-refractivity contribution in [2.75, 3.05) is 5.73 Å². The van der Waals surface area contributed by atoms with Crippen molar-refractivity contribution in [2.45, 2.75) is 0 Å². The summed E-state index contributed by atoms with van der Waals surface area (Å²) in [5.41, 5.74) is 14.0. The van der Waals surface area contributed by atoms with E-state index in [2.05, 4.69) is 10.1 Å². The van der Waals surface area contributed by atoms with Gasteiger partial charge < -0.3 is 11.5 Å². The normalized spacial score (nSPS) is 10.5. The van der Waals surface area contributed by atoms with Crippen molar-refractivity contribution in [1.29, 1.82) is 0 Å². The fourth-order valence-corrected chi connectivity index (χ4v) is 2.01. The lowest BCUT2D eigenvalue weighted by atomic mass is 10.1. The van der Waals surface area contributed by atoms with E-state index in [0.29, 0.717) is 17.1 Å². The second-order valence-corrected chi connectivity index (χ2v) is 4.57. The third-order valence-corrected chi connectivity index (χ3v) is 3.07. The molecule has 6 nitrogen and oxygen atoms in total. The van der Waals surface area contributed by atoms with E-state index in [1.165, 1.54) is 6.20 Å². The summed E-state index contributed by atoms with van der Waals surface area (Å²) in [7, 11) is 0. The largest absolute Gasteiger partial charge is 0.399 e. The molecule has 104 valence electrons. The van der Waals surface area contributed by atoms with Crippen molar-refractivity contribution in [3.05, 3.63) is 60.6 Å². The first-order chi connectivity index (χ1) is 10.1. The number of nitrogen functional groups attached to an aromatic ring is 1. The van der Waals surface area contributed by atoms with Crippen molar-refractivity contribution >= 4 is 11.6 Å². The molecule has 4 N–H and O–H groups in total. The molecule has 2 heterocycles. The van der Waals surface area contributed by atoms with Crippen LogP contribution in [0.4, 0.5) is 5.69 Å². The monoisotopic (exact) mass is 279 g/mol. The maximum absolute atomic E-state index is 11.2. The van der Waals surface area contributed by atoms with Crippen molar-refractivity contribution < 1.29 is 4.79 Å². The van der Waals surface area contributed by atoms with Gasteiger partial charge in [-0.1, -0.05) is 12.1 Å². The summed E-state index contributed by atoms with van der Waals surface area (Å²) in [5, 5.41) is 4.25. The first kappa shape index (κ1) is 12.9. The molecule has 0 fully saturated rings. The van der Waals surface area contributed by atoms with Crippen LogP contribution in [0.3, 0.4) is 0 Å². The molecule has 0 aliphatic rings. The number of carbonyl (C=O) groups excluding carboxylic acids is 1. The maximum atomic E-state index is 11.2. The summed E-state index contributed by atoms with van der Waals surface area (Å²) in [4.78, 5) is 15.4. The molecule has 0 saturated heterocycles. The zero-order valence-corrected chi connectivity index (χ0v) is 11.1. The Kier molecular flexibility index (Phi) is 3.12. The van der Waals surface area contributed by atoms with Gasteiger partial charge in [0.2, 0.25) is 5.91 Å². The van der Waals surface area contributed by atoms with Crippen LogP contribution in [0, 0.1) is 0 Å². The van der Waals surface area contributed by atoms with Gasteiger partial charge in [0.05, 0.1) is 6.20 Å². The first-order valence-electron chi connectivity index (χ1n) is 6.30. The minimum absolute atomic E-state index is 0.390. The molecular weight excluding hydrogens is 266 g/mol. The lowest BCUT2D eigenvalue weighted by Gasteiger charge is -2.02. The molecule has 2 aromatic heterocycles. The number of benzene rings is 1. The van der Waals surface area contributed by atoms with Crippen LogP contribution in [0.5, 0.6) is 0 Å². The number of hydrogen-bond donors (Lipinski definition) is 2. The molecule has 0 aliphatic heterocycles. The van der Waals surface area contributed by atoms with Gasteiger partial charge in [-0.25, -0.2) is 9.67 Å². The molecule has 0 atom stereocenters. The van der Waals surface area contributed by atoms with Crippen LogP contribution in [0.15, 0.2) is 55.0 Å². The summed E-state index contributed by atoms with van der Waals surface area (Å²) >= 11 is 0. The van der Waals surface area contributed by atoms with Gasteiger partial charge in [0.1, 0.15) is 0 Å². The van der Waals surface area contributed by atoms with E-state index in [0.717, 1.165) is 11.1 Å². The van der Waals surface area contributed by atoms with Crippen LogP contribution in [-0.2, 0) is 0 Å². The summed E-state index contributed by atoms with van der Waals surface area (Å²) in [5.74, 6) is 0.0308. The Balaban J connectivity index is 1.98. The fraction of sp³-hybridized carbons (Fsp3) is 0. The number of hydrogen-bond acceptors (Lipinski definition) is 4. The SMILES string of the molecule is NC(=O)c1ccnc(-n2cc(-c3cccc(N)c3)cn2)c1. The molecule has 1 amide bonds. The molecule has 0 radical (unpaired) electrons. The Labute approximate surface area is 121 Å². The number of pyridine rings is 1. The van der Waals surface area contributed by atoms with E-state index in [9.17, 15) is 4.79 Å². The third-order valence-electron chi connectivity index (χ3n) is 3.07. The first-order valence-corrected chi connectivity index (χ1v) is 6.30. The van der Waals surface area contributed by atoms with E-state index >= 15 is 0 Å². The molecule has 3 aromatic rings. The zero-order valence-electron chi connectivity index (χ0n) is 11.1. The van der Waals surface area contributed by atoms with Crippen LogP contribution in [-0.4, -0.2) is 20.7 Å². The average Bonchev–Trinajstić information content (AvgIpc) is 2.97. The van der Waals surface area contributed by atoms with E-state index in [-0.39, 0.29) is 0 Å². The third kappa shape index (κ3) is 2.59. The number of nitrogens with zero attached hydrogens (tertiary/aromatic N) is 3. The second-order valence-electron chi connectivity index (χ2n) is 4.57. The molecule has 3 rings (SSSR count). The number of amides is 1. The van der Waals surface area contributed by atoms with E-state index in [1.54, 1.807) is 23.0 Å². The molecule has 0 bridgehead atoms. The molecule has 0 spiro atoms. The molecule has 1 aromatic carbocycles. The molecule has 6 heteroatoms. The van der Waals surface area contributed by atoms with E-state index in [1.807, 2.05) is 30.5 Å². The van der Waals surface area contributed by atoms with Crippen LogP contribution in [0.25, 0.3) is 16.9 Å². The second kappa shape index (κ2) is 5.09. The molecular formula is C15H13N5O. The van der Waals surface area contributed by atoms with Gasteiger partial charge in [-0.2, -0.15) is 5.10 Å². The van der Waals surface area contributed by atoms with Gasteiger partial charge >= 0.3 is 0 Å². The summed E-state index contributed by atoms with van der Waals surface area (Å²) < 4.78 is 1.59. The number of carbonyl (C=O) groups is 1. The lowest BCUT2D eigenvalue weighted by molar-refractivity contribution is 0.1000. The standard InChI is InChI=1S/C15H13N5O/c16-13-3-1-2-10(6-13)12-8-19-20(9-12)14-7-11(15(17)21)4-5-18-14/h1-9H,16H2,(H2,17,21). The highest BCUT2D eigenvalue weighted by molar-refractivity contribution is 5.93. The highest BCUT2D eigenvalue weighted by atomic mass is 16.1. The van der Waals surface area contributed by atoms with Gasteiger partial charge in [0.15, 0.2) is 5.82 Å². The highest BCUT2D eigenvalue weighted by Gasteiger charge is 2.07. The van der Waals surface area contributed by atoms with Gasteiger partial charge in [-0.15, -0.1) is 0 Å².